The summed E-state index contributed by atoms with van der Waals surface area (Å²) in [5, 5.41) is 10.8. The van der Waals surface area contributed by atoms with E-state index in [0.717, 1.165) is 4.90 Å². The number of carbonyl (C=O) groups excluding carboxylic acids is 1. The number of hydrogen-bond acceptors (Lipinski definition) is 2. The minimum atomic E-state index is -1.02. The summed E-state index contributed by atoms with van der Waals surface area (Å²) in [4.78, 5) is 22.3. The van der Waals surface area contributed by atoms with Gasteiger partial charge in [-0.05, 0) is 6.92 Å². The molecule has 0 aromatic rings. The maximum absolute atomic E-state index is 10.8. The summed E-state index contributed by atoms with van der Waals surface area (Å²) in [5.74, 6) is -1.02. The summed E-state index contributed by atoms with van der Waals surface area (Å²) in [7, 11) is 2.88. The Balaban J connectivity index is 4.12. The molecule has 2 N–H and O–H groups in total. The summed E-state index contributed by atoms with van der Waals surface area (Å²) >= 11 is 0. The standard InChI is InChI=1S/C6H12N2O3/c1-4(5(9)10)8(3)6(11)7-2/h4H,1-3H3,(H,7,11)(H,9,10). The van der Waals surface area contributed by atoms with Crippen LogP contribution in [0.15, 0.2) is 0 Å². The predicted molar refractivity (Wildman–Crippen MR) is 39.3 cm³/mol. The molecule has 0 aliphatic rings. The van der Waals surface area contributed by atoms with Crippen LogP contribution < -0.4 is 5.32 Å². The summed E-state index contributed by atoms with van der Waals surface area (Å²) in [6, 6.07) is -1.20. The minimum absolute atomic E-state index is 0.403. The van der Waals surface area contributed by atoms with Gasteiger partial charge in [-0.1, -0.05) is 0 Å². The highest BCUT2D eigenvalue weighted by Gasteiger charge is 2.19. The number of carbonyl (C=O) groups is 2. The fraction of sp³-hybridized carbons (Fsp3) is 0.667. The van der Waals surface area contributed by atoms with E-state index < -0.39 is 18.0 Å². The Morgan fingerprint density at radius 2 is 2.00 bits per heavy atom. The Morgan fingerprint density at radius 3 is 2.27 bits per heavy atom. The number of amides is 2. The molecule has 0 aromatic carbocycles. The second kappa shape index (κ2) is 3.80. The second-order valence-electron chi connectivity index (χ2n) is 2.18. The molecule has 1 unspecified atom stereocenters. The van der Waals surface area contributed by atoms with Gasteiger partial charge >= 0.3 is 12.0 Å². The van der Waals surface area contributed by atoms with E-state index >= 15 is 0 Å². The summed E-state index contributed by atoms with van der Waals surface area (Å²) in [5.41, 5.74) is 0. The first kappa shape index (κ1) is 9.74. The summed E-state index contributed by atoms with van der Waals surface area (Å²) < 4.78 is 0. The van der Waals surface area contributed by atoms with E-state index in [1.165, 1.54) is 21.0 Å². The Morgan fingerprint density at radius 1 is 1.55 bits per heavy atom. The molecule has 0 aliphatic carbocycles. The zero-order chi connectivity index (χ0) is 9.02. The summed E-state index contributed by atoms with van der Waals surface area (Å²) in [6.45, 7) is 1.44. The number of rotatable bonds is 2. The van der Waals surface area contributed by atoms with Gasteiger partial charge in [0.05, 0.1) is 0 Å². The molecular formula is C6H12N2O3. The van der Waals surface area contributed by atoms with Gasteiger partial charge < -0.3 is 15.3 Å². The van der Waals surface area contributed by atoms with Crippen molar-refractivity contribution < 1.29 is 14.7 Å². The van der Waals surface area contributed by atoms with Crippen LogP contribution >= 0.6 is 0 Å². The number of nitrogens with zero attached hydrogens (tertiary/aromatic N) is 1. The van der Waals surface area contributed by atoms with Crippen LogP contribution in [0.1, 0.15) is 6.92 Å². The van der Waals surface area contributed by atoms with Crippen molar-refractivity contribution >= 4 is 12.0 Å². The van der Waals surface area contributed by atoms with E-state index in [-0.39, 0.29) is 0 Å². The fourth-order valence-electron chi connectivity index (χ4n) is 0.518. The smallest absolute Gasteiger partial charge is 0.326 e. The third-order valence-corrected chi connectivity index (χ3v) is 1.47. The number of aliphatic carboxylic acids is 1. The molecule has 0 heterocycles. The van der Waals surface area contributed by atoms with Gasteiger partial charge in [0.15, 0.2) is 0 Å². The molecule has 0 spiro atoms. The van der Waals surface area contributed by atoms with Crippen LogP contribution in [-0.2, 0) is 4.79 Å². The second-order valence-corrected chi connectivity index (χ2v) is 2.18. The number of likely N-dealkylation sites (N-methyl/N-ethyl adjacent to an activating group) is 1. The molecule has 0 aliphatic heterocycles. The Hall–Kier alpha value is -1.26. The van der Waals surface area contributed by atoms with Gasteiger partial charge in [-0.15, -0.1) is 0 Å². The van der Waals surface area contributed by atoms with Crippen molar-refractivity contribution in [1.29, 1.82) is 0 Å². The van der Waals surface area contributed by atoms with Gasteiger partial charge in [-0.25, -0.2) is 9.59 Å². The molecule has 5 nitrogen and oxygen atoms in total. The zero-order valence-corrected chi connectivity index (χ0v) is 6.79. The van der Waals surface area contributed by atoms with Crippen LogP contribution in [0.3, 0.4) is 0 Å². The molecule has 1 atom stereocenters. The molecule has 5 heteroatoms. The number of urea groups is 1. The monoisotopic (exact) mass is 160 g/mol. The molecule has 0 rings (SSSR count). The average molecular weight is 160 g/mol. The van der Waals surface area contributed by atoms with E-state index in [1.807, 2.05) is 0 Å². The van der Waals surface area contributed by atoms with Gasteiger partial charge in [-0.3, -0.25) is 0 Å². The maximum Gasteiger partial charge on any atom is 0.326 e. The Labute approximate surface area is 65.0 Å². The number of nitrogens with one attached hydrogen (secondary N) is 1. The molecule has 0 fully saturated rings. The molecule has 0 saturated carbocycles. The third kappa shape index (κ3) is 2.45. The Bertz CT molecular complexity index is 169. The first-order chi connectivity index (χ1) is 5.00. The highest BCUT2D eigenvalue weighted by molar-refractivity contribution is 5.81. The van der Waals surface area contributed by atoms with Crippen LogP contribution in [0.2, 0.25) is 0 Å². The van der Waals surface area contributed by atoms with Gasteiger partial charge in [0.1, 0.15) is 6.04 Å². The first-order valence-corrected chi connectivity index (χ1v) is 3.18. The van der Waals surface area contributed by atoms with Crippen molar-refractivity contribution in [2.24, 2.45) is 0 Å². The van der Waals surface area contributed by atoms with Crippen LogP contribution in [0.5, 0.6) is 0 Å². The van der Waals surface area contributed by atoms with Crippen LogP contribution in [0.4, 0.5) is 4.79 Å². The lowest BCUT2D eigenvalue weighted by Crippen LogP contribution is -2.44. The maximum atomic E-state index is 10.8. The molecule has 64 valence electrons. The highest BCUT2D eigenvalue weighted by atomic mass is 16.4. The van der Waals surface area contributed by atoms with Crippen LogP contribution in [0, 0.1) is 0 Å². The van der Waals surface area contributed by atoms with Crippen molar-refractivity contribution in [3.63, 3.8) is 0 Å². The fourth-order valence-corrected chi connectivity index (χ4v) is 0.518. The Kier molecular flexibility index (Phi) is 3.36. The number of hydrogen-bond donors (Lipinski definition) is 2. The highest BCUT2D eigenvalue weighted by Crippen LogP contribution is 1.94. The molecule has 11 heavy (non-hydrogen) atoms. The van der Waals surface area contributed by atoms with Crippen molar-refractivity contribution in [1.82, 2.24) is 10.2 Å². The van der Waals surface area contributed by atoms with E-state index in [2.05, 4.69) is 5.32 Å². The van der Waals surface area contributed by atoms with E-state index in [1.54, 1.807) is 0 Å². The van der Waals surface area contributed by atoms with Crippen molar-refractivity contribution in [2.75, 3.05) is 14.1 Å². The van der Waals surface area contributed by atoms with E-state index in [4.69, 9.17) is 5.11 Å². The van der Waals surface area contributed by atoms with Gasteiger partial charge in [0, 0.05) is 14.1 Å². The quantitative estimate of drug-likeness (QED) is 0.584. The van der Waals surface area contributed by atoms with Crippen LogP contribution in [-0.4, -0.2) is 42.1 Å². The van der Waals surface area contributed by atoms with Crippen molar-refractivity contribution in [3.05, 3.63) is 0 Å². The normalized spacial score (nSPS) is 11.9. The molecular weight excluding hydrogens is 148 g/mol. The topological polar surface area (TPSA) is 69.6 Å². The lowest BCUT2D eigenvalue weighted by atomic mass is 10.3. The van der Waals surface area contributed by atoms with Crippen LogP contribution in [0.25, 0.3) is 0 Å². The molecule has 0 radical (unpaired) electrons. The third-order valence-electron chi connectivity index (χ3n) is 1.47. The molecule has 0 bridgehead atoms. The zero-order valence-electron chi connectivity index (χ0n) is 6.79. The SMILES string of the molecule is CNC(=O)N(C)C(C)C(=O)O. The minimum Gasteiger partial charge on any atom is -0.480 e. The van der Waals surface area contributed by atoms with E-state index in [0.29, 0.717) is 0 Å². The van der Waals surface area contributed by atoms with Gasteiger partial charge in [-0.2, -0.15) is 0 Å². The summed E-state index contributed by atoms with van der Waals surface area (Å²) in [6.07, 6.45) is 0. The van der Waals surface area contributed by atoms with Gasteiger partial charge in [0.25, 0.3) is 0 Å². The van der Waals surface area contributed by atoms with E-state index in [9.17, 15) is 9.59 Å². The largest absolute Gasteiger partial charge is 0.480 e. The number of carboxylic acid groups (broad SMARTS) is 1. The van der Waals surface area contributed by atoms with Gasteiger partial charge in [0.2, 0.25) is 0 Å². The van der Waals surface area contributed by atoms with Crippen molar-refractivity contribution in [3.8, 4) is 0 Å². The first-order valence-electron chi connectivity index (χ1n) is 3.18. The molecule has 0 saturated heterocycles. The van der Waals surface area contributed by atoms with Crippen molar-refractivity contribution in [2.45, 2.75) is 13.0 Å². The predicted octanol–water partition coefficient (Wildman–Crippen LogP) is -0.269. The lowest BCUT2D eigenvalue weighted by molar-refractivity contribution is -0.141. The average Bonchev–Trinajstić information content (AvgIpc) is 2.00. The lowest BCUT2D eigenvalue weighted by Gasteiger charge is -2.20. The molecule has 0 aromatic heterocycles. The number of carboxylic acids is 1. The molecule has 2 amide bonds.